The van der Waals surface area contributed by atoms with E-state index in [1.165, 1.54) is 0 Å². The predicted octanol–water partition coefficient (Wildman–Crippen LogP) is 1.27. The Balaban J connectivity index is 2.04. The molecular formula is C10H13ClN6O. The highest BCUT2D eigenvalue weighted by Crippen LogP contribution is 2.11. The first kappa shape index (κ1) is 12.6. The van der Waals surface area contributed by atoms with Crippen LogP contribution in [-0.2, 0) is 13.6 Å². The molecule has 0 aliphatic rings. The maximum absolute atomic E-state index is 5.77. The van der Waals surface area contributed by atoms with E-state index in [0.717, 1.165) is 5.69 Å². The molecule has 0 aromatic carbocycles. The average Bonchev–Trinajstić information content (AvgIpc) is 2.72. The van der Waals surface area contributed by atoms with Crippen LogP contribution in [-0.4, -0.2) is 31.3 Å². The quantitative estimate of drug-likeness (QED) is 0.880. The fourth-order valence-corrected chi connectivity index (χ4v) is 1.48. The first-order chi connectivity index (χ1) is 8.67. The van der Waals surface area contributed by atoms with Crippen molar-refractivity contribution < 1.29 is 4.74 Å². The van der Waals surface area contributed by atoms with Crippen LogP contribution in [0.2, 0.25) is 5.28 Å². The van der Waals surface area contributed by atoms with Crippen LogP contribution in [0.25, 0.3) is 0 Å². The van der Waals surface area contributed by atoms with Gasteiger partial charge in [-0.1, -0.05) is 0 Å². The largest absolute Gasteiger partial charge is 0.464 e. The maximum Gasteiger partial charge on any atom is 0.322 e. The van der Waals surface area contributed by atoms with Crippen LogP contribution in [0.15, 0.2) is 12.3 Å². The summed E-state index contributed by atoms with van der Waals surface area (Å²) < 4.78 is 6.90. The van der Waals surface area contributed by atoms with Crippen LogP contribution in [0.1, 0.15) is 12.6 Å². The lowest BCUT2D eigenvalue weighted by atomic mass is 10.4. The molecule has 18 heavy (non-hydrogen) atoms. The first-order valence-corrected chi connectivity index (χ1v) is 5.82. The van der Waals surface area contributed by atoms with Gasteiger partial charge in [0.15, 0.2) is 0 Å². The third-order valence-corrected chi connectivity index (χ3v) is 2.23. The molecule has 0 aliphatic carbocycles. The summed E-state index contributed by atoms with van der Waals surface area (Å²) in [5.41, 5.74) is 0.881. The first-order valence-electron chi connectivity index (χ1n) is 5.44. The van der Waals surface area contributed by atoms with Crippen molar-refractivity contribution >= 4 is 17.5 Å². The highest BCUT2D eigenvalue weighted by molar-refractivity contribution is 6.28. The highest BCUT2D eigenvalue weighted by Gasteiger charge is 2.06. The van der Waals surface area contributed by atoms with E-state index >= 15 is 0 Å². The number of nitrogens with zero attached hydrogens (tertiary/aromatic N) is 5. The van der Waals surface area contributed by atoms with Crippen molar-refractivity contribution in [2.75, 3.05) is 11.9 Å². The molecule has 0 radical (unpaired) electrons. The molecule has 0 fully saturated rings. The molecule has 0 atom stereocenters. The Morgan fingerprint density at radius 1 is 1.39 bits per heavy atom. The normalized spacial score (nSPS) is 10.4. The fourth-order valence-electron chi connectivity index (χ4n) is 1.33. The van der Waals surface area contributed by atoms with E-state index < -0.39 is 0 Å². The molecule has 96 valence electrons. The second-order valence-electron chi connectivity index (χ2n) is 3.48. The summed E-state index contributed by atoms with van der Waals surface area (Å²) in [4.78, 5) is 11.9. The zero-order valence-electron chi connectivity index (χ0n) is 10.1. The Morgan fingerprint density at radius 3 is 2.89 bits per heavy atom. The number of nitrogens with one attached hydrogen (secondary N) is 1. The summed E-state index contributed by atoms with van der Waals surface area (Å²) in [6, 6.07) is 2.11. The molecule has 7 nitrogen and oxygen atoms in total. The molecule has 0 saturated heterocycles. The Hall–Kier alpha value is -1.89. The summed E-state index contributed by atoms with van der Waals surface area (Å²) in [6.45, 7) is 2.82. The molecular weight excluding hydrogens is 256 g/mol. The molecule has 2 rings (SSSR count). The molecule has 8 heteroatoms. The number of aromatic nitrogens is 5. The summed E-state index contributed by atoms with van der Waals surface area (Å²) in [6.07, 6.45) is 1.86. The van der Waals surface area contributed by atoms with Gasteiger partial charge in [-0.25, -0.2) is 0 Å². The smallest absolute Gasteiger partial charge is 0.322 e. The maximum atomic E-state index is 5.77. The van der Waals surface area contributed by atoms with Crippen molar-refractivity contribution in [2.24, 2.45) is 7.05 Å². The summed E-state index contributed by atoms with van der Waals surface area (Å²) in [5, 5.41) is 7.33. The van der Waals surface area contributed by atoms with E-state index in [1.54, 1.807) is 4.68 Å². The van der Waals surface area contributed by atoms with Crippen molar-refractivity contribution in [3.8, 4) is 6.01 Å². The third-order valence-electron chi connectivity index (χ3n) is 2.06. The molecule has 0 unspecified atom stereocenters. The Morgan fingerprint density at radius 2 is 2.22 bits per heavy atom. The number of anilines is 1. The second kappa shape index (κ2) is 5.63. The molecule has 1 N–H and O–H groups in total. The van der Waals surface area contributed by atoms with Crippen molar-refractivity contribution in [1.82, 2.24) is 24.7 Å². The number of halogens is 1. The lowest BCUT2D eigenvalue weighted by Gasteiger charge is -2.05. The van der Waals surface area contributed by atoms with E-state index in [1.807, 2.05) is 26.2 Å². The van der Waals surface area contributed by atoms with Crippen molar-refractivity contribution in [2.45, 2.75) is 13.5 Å². The van der Waals surface area contributed by atoms with Crippen LogP contribution in [0.3, 0.4) is 0 Å². The molecule has 2 heterocycles. The molecule has 0 amide bonds. The van der Waals surface area contributed by atoms with Gasteiger partial charge >= 0.3 is 6.01 Å². The van der Waals surface area contributed by atoms with Crippen LogP contribution >= 0.6 is 11.6 Å². The summed E-state index contributed by atoms with van der Waals surface area (Å²) >= 11 is 5.77. The molecule has 0 bridgehead atoms. The van der Waals surface area contributed by atoms with E-state index in [9.17, 15) is 0 Å². The molecule has 2 aromatic rings. The Bertz CT molecular complexity index is 529. The highest BCUT2D eigenvalue weighted by atomic mass is 35.5. The van der Waals surface area contributed by atoms with Crippen LogP contribution in [0, 0.1) is 0 Å². The number of hydrogen-bond acceptors (Lipinski definition) is 6. The van der Waals surface area contributed by atoms with E-state index in [2.05, 4.69) is 25.4 Å². The Labute approximate surface area is 109 Å². The van der Waals surface area contributed by atoms with Gasteiger partial charge in [0.1, 0.15) is 0 Å². The van der Waals surface area contributed by atoms with Gasteiger partial charge in [0.2, 0.25) is 11.2 Å². The van der Waals surface area contributed by atoms with Gasteiger partial charge in [-0.2, -0.15) is 20.1 Å². The second-order valence-corrected chi connectivity index (χ2v) is 3.82. The lowest BCUT2D eigenvalue weighted by molar-refractivity contribution is 0.312. The number of hydrogen-bond donors (Lipinski definition) is 1. The summed E-state index contributed by atoms with van der Waals surface area (Å²) in [7, 11) is 1.86. The SMILES string of the molecule is CCOc1nc(Cl)nc(NCc2ccn(C)n2)n1. The third kappa shape index (κ3) is 3.30. The Kier molecular flexibility index (Phi) is 3.93. The zero-order valence-corrected chi connectivity index (χ0v) is 10.8. The minimum absolute atomic E-state index is 0.0944. The van der Waals surface area contributed by atoms with Gasteiger partial charge in [0.25, 0.3) is 0 Å². The zero-order chi connectivity index (χ0) is 13.0. The number of rotatable bonds is 5. The van der Waals surface area contributed by atoms with E-state index in [4.69, 9.17) is 16.3 Å². The van der Waals surface area contributed by atoms with E-state index in [0.29, 0.717) is 19.1 Å². The van der Waals surface area contributed by atoms with Gasteiger partial charge in [0, 0.05) is 13.2 Å². The minimum atomic E-state index is 0.0944. The van der Waals surface area contributed by atoms with Gasteiger partial charge in [0.05, 0.1) is 18.8 Å². The van der Waals surface area contributed by atoms with Crippen LogP contribution in [0.5, 0.6) is 6.01 Å². The molecule has 0 spiro atoms. The number of ether oxygens (including phenoxy) is 1. The van der Waals surface area contributed by atoms with E-state index in [-0.39, 0.29) is 11.3 Å². The van der Waals surface area contributed by atoms with Gasteiger partial charge in [-0.3, -0.25) is 4.68 Å². The lowest BCUT2D eigenvalue weighted by Crippen LogP contribution is -2.07. The van der Waals surface area contributed by atoms with Crippen molar-refractivity contribution in [3.05, 3.63) is 23.2 Å². The van der Waals surface area contributed by atoms with Crippen LogP contribution < -0.4 is 10.1 Å². The van der Waals surface area contributed by atoms with Gasteiger partial charge in [-0.05, 0) is 24.6 Å². The molecule has 0 aliphatic heterocycles. The predicted molar refractivity (Wildman–Crippen MR) is 66.5 cm³/mol. The standard InChI is InChI=1S/C10H13ClN6O/c1-3-18-10-14-8(11)13-9(15-10)12-6-7-4-5-17(2)16-7/h4-5H,3,6H2,1-2H3,(H,12,13,14,15). The van der Waals surface area contributed by atoms with Crippen LogP contribution in [0.4, 0.5) is 5.95 Å². The van der Waals surface area contributed by atoms with Gasteiger partial charge in [-0.15, -0.1) is 0 Å². The average molecular weight is 269 g/mol. The fraction of sp³-hybridized carbons (Fsp3) is 0.400. The van der Waals surface area contributed by atoms with Gasteiger partial charge < -0.3 is 10.1 Å². The summed E-state index contributed by atoms with van der Waals surface area (Å²) in [5.74, 6) is 0.365. The van der Waals surface area contributed by atoms with Crippen molar-refractivity contribution in [1.29, 1.82) is 0 Å². The van der Waals surface area contributed by atoms with Crippen molar-refractivity contribution in [3.63, 3.8) is 0 Å². The molecule has 0 saturated carbocycles. The number of aryl methyl sites for hydroxylation is 1. The monoisotopic (exact) mass is 268 g/mol. The molecule has 2 aromatic heterocycles. The topological polar surface area (TPSA) is 77.8 Å². The minimum Gasteiger partial charge on any atom is -0.464 e.